The van der Waals surface area contributed by atoms with Gasteiger partial charge in [-0.15, -0.1) is 0 Å². The van der Waals surface area contributed by atoms with Gasteiger partial charge < -0.3 is 20.5 Å². The number of ether oxygens (including phenoxy) is 2. The van der Waals surface area contributed by atoms with Crippen molar-refractivity contribution in [3.8, 4) is 0 Å². The lowest BCUT2D eigenvalue weighted by Gasteiger charge is -2.36. The van der Waals surface area contributed by atoms with Crippen LogP contribution >= 0.6 is 0 Å². The number of esters is 1. The second kappa shape index (κ2) is 5.89. The molecule has 2 rings (SSSR count). The van der Waals surface area contributed by atoms with E-state index in [0.717, 1.165) is 18.9 Å². The molecule has 0 saturated carbocycles. The molecule has 1 aromatic rings. The van der Waals surface area contributed by atoms with E-state index in [1.54, 1.807) is 0 Å². The Morgan fingerprint density at radius 2 is 2.24 bits per heavy atom. The molecular weight excluding hydrogens is 275 g/mol. The van der Waals surface area contributed by atoms with Gasteiger partial charge in [-0.25, -0.2) is 9.18 Å². The summed E-state index contributed by atoms with van der Waals surface area (Å²) in [6.45, 7) is 4.62. The van der Waals surface area contributed by atoms with Crippen LogP contribution in [0.5, 0.6) is 0 Å². The molecule has 6 heteroatoms. The number of hydrogen-bond acceptors (Lipinski definition) is 5. The third kappa shape index (κ3) is 3.64. The van der Waals surface area contributed by atoms with Gasteiger partial charge in [-0.3, -0.25) is 0 Å². The number of carbonyl (C=O) groups is 1. The fourth-order valence-electron chi connectivity index (χ4n) is 2.56. The van der Waals surface area contributed by atoms with E-state index >= 15 is 0 Å². The smallest absolute Gasteiger partial charge is 0.340 e. The molecule has 0 aromatic heterocycles. The van der Waals surface area contributed by atoms with Crippen LogP contribution in [0.2, 0.25) is 0 Å². The Kier molecular flexibility index (Phi) is 4.37. The van der Waals surface area contributed by atoms with Gasteiger partial charge >= 0.3 is 5.97 Å². The maximum atomic E-state index is 14.0. The van der Waals surface area contributed by atoms with Crippen LogP contribution in [-0.4, -0.2) is 31.3 Å². The maximum absolute atomic E-state index is 14.0. The molecule has 1 saturated heterocycles. The molecule has 0 radical (unpaired) electrons. The van der Waals surface area contributed by atoms with E-state index in [1.807, 2.05) is 13.8 Å². The minimum atomic E-state index is -0.581. The zero-order valence-corrected chi connectivity index (χ0v) is 12.5. The summed E-state index contributed by atoms with van der Waals surface area (Å²) in [6.07, 6.45) is 1.53. The topological polar surface area (TPSA) is 73.6 Å². The highest BCUT2D eigenvalue weighted by Gasteiger charge is 2.29. The van der Waals surface area contributed by atoms with Gasteiger partial charge in [-0.2, -0.15) is 0 Å². The molecule has 1 unspecified atom stereocenters. The number of hydrogen-bond donors (Lipinski definition) is 2. The number of methoxy groups -OCH3 is 1. The minimum absolute atomic E-state index is 0.0669. The van der Waals surface area contributed by atoms with Gasteiger partial charge in [0, 0.05) is 18.3 Å². The van der Waals surface area contributed by atoms with Crippen LogP contribution in [0.1, 0.15) is 37.0 Å². The fraction of sp³-hybridized carbons (Fsp3) is 0.533. The lowest BCUT2D eigenvalue weighted by atomic mass is 9.93. The van der Waals surface area contributed by atoms with Gasteiger partial charge in [0.05, 0.1) is 24.0 Å². The average molecular weight is 296 g/mol. The molecule has 5 nitrogen and oxygen atoms in total. The Balaban J connectivity index is 2.21. The summed E-state index contributed by atoms with van der Waals surface area (Å²) in [7, 11) is 1.26. The van der Waals surface area contributed by atoms with Crippen LogP contribution < -0.4 is 11.1 Å². The molecule has 0 spiro atoms. The number of anilines is 2. The molecule has 1 fully saturated rings. The molecular formula is C15H21FN2O3. The van der Waals surface area contributed by atoms with Gasteiger partial charge in [0.2, 0.25) is 0 Å². The van der Waals surface area contributed by atoms with Crippen molar-refractivity contribution in [2.45, 2.75) is 38.3 Å². The van der Waals surface area contributed by atoms with Crippen molar-refractivity contribution < 1.29 is 18.7 Å². The first kappa shape index (κ1) is 15.6. The lowest BCUT2D eigenvalue weighted by molar-refractivity contribution is -0.0553. The fourth-order valence-corrected chi connectivity index (χ4v) is 2.56. The molecule has 0 bridgehead atoms. The van der Waals surface area contributed by atoms with Gasteiger partial charge in [0.15, 0.2) is 0 Å². The van der Waals surface area contributed by atoms with Crippen molar-refractivity contribution in [2.75, 3.05) is 24.8 Å². The normalized spacial score (nSPS) is 20.9. The predicted octanol–water partition coefficient (Wildman–Crippen LogP) is 2.56. The van der Waals surface area contributed by atoms with Crippen molar-refractivity contribution in [3.05, 3.63) is 23.5 Å². The number of rotatable bonds is 3. The average Bonchev–Trinajstić information content (AvgIpc) is 2.40. The van der Waals surface area contributed by atoms with E-state index < -0.39 is 11.8 Å². The second-order valence-corrected chi connectivity index (χ2v) is 5.85. The molecule has 1 aromatic carbocycles. The Morgan fingerprint density at radius 1 is 1.52 bits per heavy atom. The quantitative estimate of drug-likeness (QED) is 0.662. The van der Waals surface area contributed by atoms with Gasteiger partial charge in [-0.05, 0) is 38.8 Å². The van der Waals surface area contributed by atoms with E-state index in [4.69, 9.17) is 10.5 Å². The van der Waals surface area contributed by atoms with E-state index in [1.165, 1.54) is 13.2 Å². The summed E-state index contributed by atoms with van der Waals surface area (Å²) >= 11 is 0. The molecule has 3 N–H and O–H groups in total. The molecule has 0 aliphatic carbocycles. The number of nitrogen functional groups attached to an aromatic ring is 1. The Labute approximate surface area is 123 Å². The zero-order valence-electron chi connectivity index (χ0n) is 12.5. The van der Waals surface area contributed by atoms with Crippen LogP contribution in [0.3, 0.4) is 0 Å². The van der Waals surface area contributed by atoms with E-state index in [9.17, 15) is 9.18 Å². The van der Waals surface area contributed by atoms with Crippen molar-refractivity contribution in [3.63, 3.8) is 0 Å². The molecule has 21 heavy (non-hydrogen) atoms. The van der Waals surface area contributed by atoms with Crippen LogP contribution in [-0.2, 0) is 9.47 Å². The standard InChI is InChI=1S/C15H21FN2O3/c1-15(2)8-9(4-5-21-15)18-13-6-10(14(19)20-3)12(17)7-11(13)16/h6-7,9,18H,4-5,8,17H2,1-3H3. The summed E-state index contributed by atoms with van der Waals surface area (Å²) < 4.78 is 24.3. The first-order chi connectivity index (χ1) is 9.82. The van der Waals surface area contributed by atoms with Crippen molar-refractivity contribution in [2.24, 2.45) is 0 Å². The van der Waals surface area contributed by atoms with E-state index in [2.05, 4.69) is 10.1 Å². The van der Waals surface area contributed by atoms with Gasteiger partial charge in [0.25, 0.3) is 0 Å². The minimum Gasteiger partial charge on any atom is -0.465 e. The largest absolute Gasteiger partial charge is 0.465 e. The summed E-state index contributed by atoms with van der Waals surface area (Å²) in [6, 6.07) is 2.62. The summed E-state index contributed by atoms with van der Waals surface area (Å²) in [5, 5.41) is 3.13. The summed E-state index contributed by atoms with van der Waals surface area (Å²) in [5.41, 5.74) is 5.89. The van der Waals surface area contributed by atoms with Gasteiger partial charge in [0.1, 0.15) is 5.82 Å². The highest BCUT2D eigenvalue weighted by Crippen LogP contribution is 2.29. The molecule has 1 atom stereocenters. The lowest BCUT2D eigenvalue weighted by Crippen LogP contribution is -2.40. The zero-order chi connectivity index (χ0) is 15.6. The molecule has 1 heterocycles. The molecule has 1 aliphatic heterocycles. The number of carbonyl (C=O) groups excluding carboxylic acids is 1. The SMILES string of the molecule is COC(=O)c1cc(NC2CCOC(C)(C)C2)c(F)cc1N. The van der Waals surface area contributed by atoms with Crippen LogP contribution in [0.25, 0.3) is 0 Å². The second-order valence-electron chi connectivity index (χ2n) is 5.85. The van der Waals surface area contributed by atoms with Crippen molar-refractivity contribution >= 4 is 17.3 Å². The van der Waals surface area contributed by atoms with Crippen molar-refractivity contribution in [1.29, 1.82) is 0 Å². The Bertz CT molecular complexity index is 546. The van der Waals surface area contributed by atoms with E-state index in [0.29, 0.717) is 6.61 Å². The first-order valence-corrected chi connectivity index (χ1v) is 6.90. The molecule has 0 amide bonds. The van der Waals surface area contributed by atoms with Crippen LogP contribution in [0.15, 0.2) is 12.1 Å². The van der Waals surface area contributed by atoms with Crippen LogP contribution in [0.4, 0.5) is 15.8 Å². The highest BCUT2D eigenvalue weighted by molar-refractivity contribution is 5.96. The number of benzene rings is 1. The number of halogens is 1. The maximum Gasteiger partial charge on any atom is 0.340 e. The summed E-state index contributed by atoms with van der Waals surface area (Å²) in [5.74, 6) is -1.06. The molecule has 116 valence electrons. The van der Waals surface area contributed by atoms with Crippen LogP contribution in [0, 0.1) is 5.82 Å². The van der Waals surface area contributed by atoms with E-state index in [-0.39, 0.29) is 28.6 Å². The monoisotopic (exact) mass is 296 g/mol. The number of nitrogens with two attached hydrogens (primary N) is 1. The third-order valence-electron chi connectivity index (χ3n) is 3.60. The Morgan fingerprint density at radius 3 is 2.86 bits per heavy atom. The third-order valence-corrected chi connectivity index (χ3v) is 3.60. The summed E-state index contributed by atoms with van der Waals surface area (Å²) in [4.78, 5) is 11.6. The van der Waals surface area contributed by atoms with Gasteiger partial charge in [-0.1, -0.05) is 0 Å². The number of nitrogens with one attached hydrogen (secondary N) is 1. The Hall–Kier alpha value is -1.82. The molecule has 1 aliphatic rings. The first-order valence-electron chi connectivity index (χ1n) is 6.90. The predicted molar refractivity (Wildman–Crippen MR) is 78.8 cm³/mol. The van der Waals surface area contributed by atoms with Crippen molar-refractivity contribution in [1.82, 2.24) is 0 Å². The highest BCUT2D eigenvalue weighted by atomic mass is 19.1.